The van der Waals surface area contributed by atoms with Gasteiger partial charge in [0, 0.05) is 5.69 Å². The van der Waals surface area contributed by atoms with Crippen LogP contribution in [-0.4, -0.2) is 8.42 Å². The van der Waals surface area contributed by atoms with Gasteiger partial charge in [-0.25, -0.2) is 13.6 Å². The molecule has 0 fully saturated rings. The molecule has 2 radical (unpaired) electrons. The molecule has 1 rings (SSSR count). The van der Waals surface area contributed by atoms with Gasteiger partial charge in [-0.05, 0) is 18.2 Å². The fourth-order valence-electron chi connectivity index (χ4n) is 0.763. The third kappa shape index (κ3) is 1.96. The van der Waals surface area contributed by atoms with Crippen LogP contribution in [0, 0.1) is 7.05 Å². The van der Waals surface area contributed by atoms with Crippen molar-refractivity contribution in [2.75, 3.05) is 5.32 Å². The van der Waals surface area contributed by atoms with Gasteiger partial charge in [0.25, 0.3) is 0 Å². The van der Waals surface area contributed by atoms with Crippen LogP contribution in [0.25, 0.3) is 0 Å². The van der Waals surface area contributed by atoms with Crippen molar-refractivity contribution in [1.82, 2.24) is 0 Å². The van der Waals surface area contributed by atoms with Crippen LogP contribution in [0.1, 0.15) is 0 Å². The highest BCUT2D eigenvalue weighted by Gasteiger charge is 2.06. The molecule has 0 saturated carbocycles. The monoisotopic (exact) mass is 184 g/mol. The summed E-state index contributed by atoms with van der Waals surface area (Å²) in [5.74, 6) is 0. The lowest BCUT2D eigenvalue weighted by Gasteiger charge is -2.01. The van der Waals surface area contributed by atoms with E-state index in [0.717, 1.165) is 0 Å². The Morgan fingerprint density at radius 2 is 2.08 bits per heavy atom. The molecule has 3 N–H and O–H groups in total. The number of rotatable bonds is 2. The van der Waals surface area contributed by atoms with Gasteiger partial charge in [0.2, 0.25) is 10.0 Å². The highest BCUT2D eigenvalue weighted by Crippen LogP contribution is 2.12. The maximum Gasteiger partial charge on any atom is 0.238 e. The molecule has 0 aliphatic carbocycles. The molecule has 5 heteroatoms. The Morgan fingerprint density at radius 1 is 1.42 bits per heavy atom. The molecule has 0 spiro atoms. The van der Waals surface area contributed by atoms with Crippen LogP contribution in [0.5, 0.6) is 0 Å². The van der Waals surface area contributed by atoms with Crippen LogP contribution in [0.2, 0.25) is 0 Å². The van der Waals surface area contributed by atoms with E-state index in [2.05, 4.69) is 5.32 Å². The molecule has 0 aliphatic rings. The van der Waals surface area contributed by atoms with Gasteiger partial charge in [0.15, 0.2) is 0 Å². The second-order valence-corrected chi connectivity index (χ2v) is 3.78. The summed E-state index contributed by atoms with van der Waals surface area (Å²) in [5.41, 5.74) is 0.501. The fourth-order valence-corrected chi connectivity index (χ4v) is 1.32. The molecule has 0 amide bonds. The summed E-state index contributed by atoms with van der Waals surface area (Å²) in [6.45, 7) is 0. The minimum atomic E-state index is -3.63. The average molecular weight is 184 g/mol. The maximum absolute atomic E-state index is 10.8. The van der Waals surface area contributed by atoms with Crippen LogP contribution in [0.15, 0.2) is 29.2 Å². The van der Waals surface area contributed by atoms with E-state index in [-0.39, 0.29) is 4.90 Å². The van der Waals surface area contributed by atoms with Gasteiger partial charge in [-0.1, -0.05) is 6.07 Å². The average Bonchev–Trinajstić information content (AvgIpc) is 2.03. The lowest BCUT2D eigenvalue weighted by atomic mass is 10.3. The summed E-state index contributed by atoms with van der Waals surface area (Å²) < 4.78 is 21.6. The van der Waals surface area contributed by atoms with Crippen molar-refractivity contribution >= 4 is 15.7 Å². The Labute approximate surface area is 71.4 Å². The van der Waals surface area contributed by atoms with Crippen LogP contribution in [0.3, 0.4) is 0 Å². The highest BCUT2D eigenvalue weighted by atomic mass is 32.2. The third-order valence-electron chi connectivity index (χ3n) is 1.33. The third-order valence-corrected chi connectivity index (χ3v) is 2.24. The van der Waals surface area contributed by atoms with Crippen molar-refractivity contribution in [1.29, 1.82) is 0 Å². The van der Waals surface area contributed by atoms with Gasteiger partial charge in [-0.2, -0.15) is 0 Å². The van der Waals surface area contributed by atoms with Crippen molar-refractivity contribution in [3.05, 3.63) is 31.3 Å². The zero-order valence-corrected chi connectivity index (χ0v) is 7.01. The quantitative estimate of drug-likeness (QED) is 0.654. The number of primary sulfonamides is 1. The van der Waals surface area contributed by atoms with Crippen LogP contribution in [0.4, 0.5) is 5.69 Å². The molecular weight excluding hydrogens is 176 g/mol. The molecule has 0 aliphatic heterocycles. The largest absolute Gasteiger partial charge is 0.378 e. The van der Waals surface area contributed by atoms with Crippen LogP contribution < -0.4 is 10.5 Å². The zero-order chi connectivity index (χ0) is 9.19. The molecule has 12 heavy (non-hydrogen) atoms. The highest BCUT2D eigenvalue weighted by molar-refractivity contribution is 7.89. The van der Waals surface area contributed by atoms with Crippen LogP contribution >= 0.6 is 0 Å². The molecule has 4 nitrogen and oxygen atoms in total. The molecule has 0 unspecified atom stereocenters. The van der Waals surface area contributed by atoms with Gasteiger partial charge in [-0.3, -0.25) is 0 Å². The van der Waals surface area contributed by atoms with Gasteiger partial charge >= 0.3 is 0 Å². The van der Waals surface area contributed by atoms with E-state index in [4.69, 9.17) is 12.2 Å². The van der Waals surface area contributed by atoms with Gasteiger partial charge in [0.1, 0.15) is 0 Å². The summed E-state index contributed by atoms with van der Waals surface area (Å²) in [4.78, 5) is 0.0398. The molecule has 1 aromatic carbocycles. The van der Waals surface area contributed by atoms with Crippen molar-refractivity contribution in [2.24, 2.45) is 5.14 Å². The van der Waals surface area contributed by atoms with Crippen molar-refractivity contribution in [3.63, 3.8) is 0 Å². The molecular formula is C7H8N2O2S. The predicted molar refractivity (Wildman–Crippen MR) is 45.7 cm³/mol. The summed E-state index contributed by atoms with van der Waals surface area (Å²) in [6.07, 6.45) is 0. The molecule has 0 heterocycles. The summed E-state index contributed by atoms with van der Waals surface area (Å²) >= 11 is 0. The Hall–Kier alpha value is -1.07. The first-order chi connectivity index (χ1) is 5.54. The minimum absolute atomic E-state index is 0.0398. The summed E-state index contributed by atoms with van der Waals surface area (Å²) in [6, 6.07) is 5.94. The lowest BCUT2D eigenvalue weighted by molar-refractivity contribution is 0.598. The molecule has 64 valence electrons. The van der Waals surface area contributed by atoms with Crippen molar-refractivity contribution in [2.45, 2.75) is 4.90 Å². The first-order valence-corrected chi connectivity index (χ1v) is 4.68. The minimum Gasteiger partial charge on any atom is -0.378 e. The number of anilines is 1. The Balaban J connectivity index is 3.20. The predicted octanol–water partition coefficient (Wildman–Crippen LogP) is 0.414. The lowest BCUT2D eigenvalue weighted by Crippen LogP contribution is -2.12. The number of sulfonamides is 1. The smallest absolute Gasteiger partial charge is 0.238 e. The SMILES string of the molecule is [CH]Nc1cccc(S(N)(=O)=O)c1. The second kappa shape index (κ2) is 3.12. The normalized spacial score (nSPS) is 11.2. The Bertz CT molecular complexity index is 373. The molecule has 1 aromatic rings. The van der Waals surface area contributed by atoms with Gasteiger partial charge in [-0.15, -0.1) is 0 Å². The van der Waals surface area contributed by atoms with Crippen molar-refractivity contribution < 1.29 is 8.42 Å². The topological polar surface area (TPSA) is 72.2 Å². The molecule has 0 aromatic heterocycles. The van der Waals surface area contributed by atoms with E-state index in [9.17, 15) is 8.42 Å². The molecule has 0 bridgehead atoms. The molecule has 0 atom stereocenters. The van der Waals surface area contributed by atoms with Gasteiger partial charge in [0.05, 0.1) is 11.9 Å². The first kappa shape index (κ1) is 9.02. The van der Waals surface area contributed by atoms with Crippen LogP contribution in [-0.2, 0) is 10.0 Å². The van der Waals surface area contributed by atoms with E-state index < -0.39 is 10.0 Å². The van der Waals surface area contributed by atoms with E-state index in [1.807, 2.05) is 0 Å². The number of nitrogens with one attached hydrogen (secondary N) is 1. The maximum atomic E-state index is 10.8. The number of benzene rings is 1. The summed E-state index contributed by atoms with van der Waals surface area (Å²) in [7, 11) is 1.45. The molecule has 0 saturated heterocycles. The fraction of sp³-hybridized carbons (Fsp3) is 0. The Morgan fingerprint density at radius 3 is 2.58 bits per heavy atom. The van der Waals surface area contributed by atoms with E-state index >= 15 is 0 Å². The number of hydrogen-bond donors (Lipinski definition) is 2. The summed E-state index contributed by atoms with van der Waals surface area (Å²) in [5, 5.41) is 7.20. The van der Waals surface area contributed by atoms with Crippen molar-refractivity contribution in [3.8, 4) is 0 Å². The van der Waals surface area contributed by atoms with E-state index in [0.29, 0.717) is 5.69 Å². The first-order valence-electron chi connectivity index (χ1n) is 3.13. The number of nitrogens with two attached hydrogens (primary N) is 1. The van der Waals surface area contributed by atoms with Gasteiger partial charge < -0.3 is 5.32 Å². The van der Waals surface area contributed by atoms with E-state index in [1.54, 1.807) is 12.1 Å². The second-order valence-electron chi connectivity index (χ2n) is 2.22. The zero-order valence-electron chi connectivity index (χ0n) is 6.19. The number of hydrogen-bond acceptors (Lipinski definition) is 3. The van der Waals surface area contributed by atoms with E-state index in [1.165, 1.54) is 12.1 Å². The Kier molecular flexibility index (Phi) is 2.35. The standard InChI is InChI=1S/C7H8N2O2S/c1-9-6-3-2-4-7(5-6)12(8,10)11/h1-5,9H,(H2,8,10,11).